The first-order valence-corrected chi connectivity index (χ1v) is 6.13. The summed E-state index contributed by atoms with van der Waals surface area (Å²) < 4.78 is 7.84. The Morgan fingerprint density at radius 2 is 2.22 bits per heavy atom. The Morgan fingerprint density at radius 3 is 2.83 bits per heavy atom. The second kappa shape index (κ2) is 4.08. The minimum Gasteiger partial charge on any atom is -0.359 e. The molecule has 18 heavy (non-hydrogen) atoms. The molecule has 0 aliphatic heterocycles. The third kappa shape index (κ3) is 1.96. The van der Waals surface area contributed by atoms with Crippen molar-refractivity contribution in [2.75, 3.05) is 0 Å². The predicted molar refractivity (Wildman–Crippen MR) is 62.2 cm³/mol. The highest BCUT2D eigenvalue weighted by atomic mass is 16.5. The number of nitrogens with zero attached hydrogens (tertiary/aromatic N) is 5. The van der Waals surface area contributed by atoms with Crippen LogP contribution in [-0.2, 0) is 6.54 Å². The first kappa shape index (κ1) is 11.2. The third-order valence-corrected chi connectivity index (χ3v) is 3.03. The van der Waals surface area contributed by atoms with Gasteiger partial charge in [0, 0.05) is 12.0 Å². The van der Waals surface area contributed by atoms with Gasteiger partial charge in [0.05, 0.1) is 11.7 Å². The maximum Gasteiger partial charge on any atom is 0.364 e. The molecule has 96 valence electrons. The first-order chi connectivity index (χ1) is 8.65. The molecule has 7 heteroatoms. The molecule has 0 aromatic carbocycles. The van der Waals surface area contributed by atoms with E-state index in [1.807, 2.05) is 19.9 Å². The molecule has 1 aliphatic carbocycles. The molecule has 2 aromatic heterocycles. The van der Waals surface area contributed by atoms with E-state index in [0.29, 0.717) is 11.7 Å². The SMILES string of the molecule is CC(C)n1nnn(Cc2cc(C3CC3)no2)c1=O. The number of aromatic nitrogens is 5. The van der Waals surface area contributed by atoms with Gasteiger partial charge in [0.25, 0.3) is 0 Å². The van der Waals surface area contributed by atoms with Gasteiger partial charge in [-0.3, -0.25) is 0 Å². The second-order valence-corrected chi connectivity index (χ2v) is 4.95. The van der Waals surface area contributed by atoms with E-state index in [9.17, 15) is 4.79 Å². The molecular weight excluding hydrogens is 234 g/mol. The molecule has 0 atom stereocenters. The first-order valence-electron chi connectivity index (χ1n) is 6.13. The van der Waals surface area contributed by atoms with Gasteiger partial charge < -0.3 is 4.52 Å². The summed E-state index contributed by atoms with van der Waals surface area (Å²) in [7, 11) is 0. The fourth-order valence-electron chi connectivity index (χ4n) is 1.83. The topological polar surface area (TPSA) is 78.7 Å². The van der Waals surface area contributed by atoms with Crippen molar-refractivity contribution >= 4 is 0 Å². The van der Waals surface area contributed by atoms with Crippen LogP contribution in [0.2, 0.25) is 0 Å². The van der Waals surface area contributed by atoms with Crippen LogP contribution in [0.3, 0.4) is 0 Å². The summed E-state index contributed by atoms with van der Waals surface area (Å²) >= 11 is 0. The molecule has 0 amide bonds. The van der Waals surface area contributed by atoms with Gasteiger partial charge >= 0.3 is 5.69 Å². The maximum absolute atomic E-state index is 11.9. The zero-order chi connectivity index (χ0) is 12.7. The van der Waals surface area contributed by atoms with Gasteiger partial charge in [-0.2, -0.15) is 9.36 Å². The van der Waals surface area contributed by atoms with Crippen LogP contribution in [0.4, 0.5) is 0 Å². The Morgan fingerprint density at radius 1 is 1.44 bits per heavy atom. The molecule has 7 nitrogen and oxygen atoms in total. The molecule has 2 aromatic rings. The van der Waals surface area contributed by atoms with Crippen LogP contribution in [0.25, 0.3) is 0 Å². The number of hydrogen-bond acceptors (Lipinski definition) is 5. The molecule has 1 saturated carbocycles. The standard InChI is InChI=1S/C11H15N5O2/c1-7(2)16-11(17)15(13-14-16)6-9-5-10(12-18-9)8-3-4-8/h5,7-8H,3-4,6H2,1-2H3. The van der Waals surface area contributed by atoms with Crippen molar-refractivity contribution in [3.63, 3.8) is 0 Å². The lowest BCUT2D eigenvalue weighted by atomic mass is 10.3. The fourth-order valence-corrected chi connectivity index (χ4v) is 1.83. The second-order valence-electron chi connectivity index (χ2n) is 4.95. The normalized spacial score (nSPS) is 15.5. The van der Waals surface area contributed by atoms with Gasteiger partial charge in [-0.25, -0.2) is 4.79 Å². The lowest BCUT2D eigenvalue weighted by Gasteiger charge is -1.99. The van der Waals surface area contributed by atoms with E-state index in [4.69, 9.17) is 4.52 Å². The van der Waals surface area contributed by atoms with E-state index in [-0.39, 0.29) is 18.3 Å². The molecule has 0 spiro atoms. The fraction of sp³-hybridized carbons (Fsp3) is 0.636. The summed E-state index contributed by atoms with van der Waals surface area (Å²) in [5.41, 5.74) is 0.753. The van der Waals surface area contributed by atoms with Crippen molar-refractivity contribution in [2.45, 2.75) is 45.2 Å². The lowest BCUT2D eigenvalue weighted by Crippen LogP contribution is -2.26. The molecule has 0 unspecified atom stereocenters. The Bertz CT molecular complexity index is 605. The van der Waals surface area contributed by atoms with Crippen LogP contribution in [0.5, 0.6) is 0 Å². The van der Waals surface area contributed by atoms with Gasteiger partial charge in [0.2, 0.25) is 0 Å². The highest BCUT2D eigenvalue weighted by molar-refractivity contribution is 5.15. The predicted octanol–water partition coefficient (Wildman–Crippen LogP) is 0.934. The molecule has 1 aliphatic rings. The van der Waals surface area contributed by atoms with Crippen molar-refractivity contribution in [2.24, 2.45) is 0 Å². The van der Waals surface area contributed by atoms with Gasteiger partial charge in [0.15, 0.2) is 5.76 Å². The zero-order valence-corrected chi connectivity index (χ0v) is 10.4. The number of hydrogen-bond donors (Lipinski definition) is 0. The van der Waals surface area contributed by atoms with Gasteiger partial charge in [0.1, 0.15) is 6.54 Å². The van der Waals surface area contributed by atoms with Crippen LogP contribution in [0, 0.1) is 0 Å². The summed E-state index contributed by atoms with van der Waals surface area (Å²) in [5, 5.41) is 11.7. The summed E-state index contributed by atoms with van der Waals surface area (Å²) in [6.07, 6.45) is 2.35. The molecule has 3 rings (SSSR count). The average molecular weight is 249 g/mol. The van der Waals surface area contributed by atoms with Crippen molar-refractivity contribution in [1.82, 2.24) is 24.9 Å². The van der Waals surface area contributed by atoms with E-state index in [1.54, 1.807) is 0 Å². The third-order valence-electron chi connectivity index (χ3n) is 3.03. The molecule has 0 radical (unpaired) electrons. The Balaban J connectivity index is 1.80. The van der Waals surface area contributed by atoms with E-state index >= 15 is 0 Å². The smallest absolute Gasteiger partial charge is 0.359 e. The van der Waals surface area contributed by atoms with Gasteiger partial charge in [-0.15, -0.1) is 0 Å². The largest absolute Gasteiger partial charge is 0.364 e. The van der Waals surface area contributed by atoms with E-state index in [0.717, 1.165) is 5.69 Å². The minimum atomic E-state index is -0.227. The Kier molecular flexibility index (Phi) is 2.53. The van der Waals surface area contributed by atoms with Crippen LogP contribution >= 0.6 is 0 Å². The monoisotopic (exact) mass is 249 g/mol. The molecular formula is C11H15N5O2. The van der Waals surface area contributed by atoms with Crippen LogP contribution < -0.4 is 5.69 Å². The van der Waals surface area contributed by atoms with E-state index in [1.165, 1.54) is 22.2 Å². The molecule has 0 bridgehead atoms. The quantitative estimate of drug-likeness (QED) is 0.805. The minimum absolute atomic E-state index is 0.00278. The van der Waals surface area contributed by atoms with Gasteiger partial charge in [-0.1, -0.05) is 5.16 Å². The van der Waals surface area contributed by atoms with Crippen LogP contribution in [0.15, 0.2) is 15.4 Å². The number of tetrazole rings is 1. The highest BCUT2D eigenvalue weighted by Gasteiger charge is 2.27. The van der Waals surface area contributed by atoms with Crippen molar-refractivity contribution in [3.05, 3.63) is 28.0 Å². The van der Waals surface area contributed by atoms with E-state index < -0.39 is 0 Å². The molecule has 0 saturated heterocycles. The number of rotatable bonds is 4. The zero-order valence-electron chi connectivity index (χ0n) is 10.4. The summed E-state index contributed by atoms with van der Waals surface area (Å²) in [5.74, 6) is 1.19. The maximum atomic E-state index is 11.9. The summed E-state index contributed by atoms with van der Waals surface area (Å²) in [6, 6.07) is 1.90. The van der Waals surface area contributed by atoms with Crippen molar-refractivity contribution in [1.29, 1.82) is 0 Å². The van der Waals surface area contributed by atoms with Gasteiger partial charge in [-0.05, 0) is 37.1 Å². The van der Waals surface area contributed by atoms with Crippen LogP contribution in [0.1, 0.15) is 50.1 Å². The highest BCUT2D eigenvalue weighted by Crippen LogP contribution is 2.39. The average Bonchev–Trinajstić information content (AvgIpc) is 2.97. The van der Waals surface area contributed by atoms with Crippen molar-refractivity contribution in [3.8, 4) is 0 Å². The Hall–Kier alpha value is -1.92. The van der Waals surface area contributed by atoms with E-state index in [2.05, 4.69) is 15.6 Å². The Labute approximate surface area is 103 Å². The summed E-state index contributed by atoms with van der Waals surface area (Å²) in [4.78, 5) is 11.9. The molecule has 2 heterocycles. The molecule has 1 fully saturated rings. The molecule has 0 N–H and O–H groups in total. The summed E-state index contributed by atoms with van der Waals surface area (Å²) in [6.45, 7) is 4.06. The van der Waals surface area contributed by atoms with Crippen molar-refractivity contribution < 1.29 is 4.52 Å². The lowest BCUT2D eigenvalue weighted by molar-refractivity contribution is 0.363. The van der Waals surface area contributed by atoms with Crippen LogP contribution in [-0.4, -0.2) is 24.9 Å².